The van der Waals surface area contributed by atoms with E-state index in [0.29, 0.717) is 0 Å². The summed E-state index contributed by atoms with van der Waals surface area (Å²) in [6.07, 6.45) is 5.27. The van der Waals surface area contributed by atoms with E-state index in [9.17, 15) is 0 Å². The fraction of sp³-hybridized carbons (Fsp3) is 0.588. The molecule has 0 amide bonds. The van der Waals surface area contributed by atoms with Crippen LogP contribution in [0.3, 0.4) is 0 Å². The van der Waals surface area contributed by atoms with Gasteiger partial charge in [0.2, 0.25) is 0 Å². The third-order valence-corrected chi connectivity index (χ3v) is 5.08. The van der Waals surface area contributed by atoms with Gasteiger partial charge >= 0.3 is 0 Å². The zero-order valence-corrected chi connectivity index (χ0v) is 13.9. The average molecular weight is 303 g/mol. The van der Waals surface area contributed by atoms with Crippen molar-refractivity contribution >= 4 is 23.3 Å². The number of nitrogens with one attached hydrogen (secondary N) is 1. The Labute approximate surface area is 132 Å². The molecule has 1 aromatic heterocycles. The summed E-state index contributed by atoms with van der Waals surface area (Å²) in [7, 11) is 0. The van der Waals surface area contributed by atoms with Crippen LogP contribution >= 0.6 is 12.2 Å². The maximum absolute atomic E-state index is 5.50. The average Bonchev–Trinajstić information content (AvgIpc) is 2.78. The van der Waals surface area contributed by atoms with Gasteiger partial charge in [0.05, 0.1) is 11.0 Å². The molecule has 0 spiro atoms. The van der Waals surface area contributed by atoms with Crippen molar-refractivity contribution < 1.29 is 0 Å². The minimum Gasteiger partial charge on any atom is -0.331 e. The first-order chi connectivity index (χ1) is 10.2. The Hall–Kier alpha value is -1.13. The van der Waals surface area contributed by atoms with Gasteiger partial charge in [-0.3, -0.25) is 0 Å². The van der Waals surface area contributed by atoms with Crippen LogP contribution in [0.4, 0.5) is 0 Å². The van der Waals surface area contributed by atoms with E-state index < -0.39 is 0 Å². The van der Waals surface area contributed by atoms with E-state index >= 15 is 0 Å². The van der Waals surface area contributed by atoms with E-state index in [0.717, 1.165) is 22.9 Å². The van der Waals surface area contributed by atoms with Gasteiger partial charge in [-0.2, -0.15) is 0 Å². The second kappa shape index (κ2) is 6.32. The minimum absolute atomic E-state index is 0.747. The van der Waals surface area contributed by atoms with E-state index in [2.05, 4.69) is 46.5 Å². The third-order valence-electron chi connectivity index (χ3n) is 4.76. The van der Waals surface area contributed by atoms with Crippen LogP contribution in [0.2, 0.25) is 0 Å². The molecular weight excluding hydrogens is 278 g/mol. The van der Waals surface area contributed by atoms with Crippen molar-refractivity contribution in [2.45, 2.75) is 52.1 Å². The van der Waals surface area contributed by atoms with Crippen LogP contribution in [0.25, 0.3) is 11.0 Å². The summed E-state index contributed by atoms with van der Waals surface area (Å²) in [6.45, 7) is 7.97. The molecule has 1 unspecified atom stereocenters. The number of H-pyrrole nitrogens is 1. The Morgan fingerprint density at radius 2 is 2.14 bits per heavy atom. The second-order valence-corrected chi connectivity index (χ2v) is 6.67. The highest BCUT2D eigenvalue weighted by atomic mass is 32.1. The Kier molecular flexibility index (Phi) is 4.45. The quantitative estimate of drug-likeness (QED) is 0.853. The molecule has 1 fully saturated rings. The van der Waals surface area contributed by atoms with E-state index in [1.54, 1.807) is 0 Å². The molecule has 1 saturated heterocycles. The van der Waals surface area contributed by atoms with Crippen molar-refractivity contribution in [3.05, 3.63) is 28.5 Å². The highest BCUT2D eigenvalue weighted by Crippen LogP contribution is 2.20. The second-order valence-electron chi connectivity index (χ2n) is 6.29. The Morgan fingerprint density at radius 3 is 2.95 bits per heavy atom. The zero-order chi connectivity index (χ0) is 14.8. The molecule has 2 heterocycles. The lowest BCUT2D eigenvalue weighted by Crippen LogP contribution is -2.38. The number of aromatic nitrogens is 2. The van der Waals surface area contributed by atoms with Gasteiger partial charge in [-0.25, -0.2) is 0 Å². The van der Waals surface area contributed by atoms with Gasteiger partial charge in [0.15, 0.2) is 4.77 Å². The van der Waals surface area contributed by atoms with Gasteiger partial charge < -0.3 is 14.5 Å². The number of aryl methyl sites for hydroxylation is 2. The molecule has 0 radical (unpaired) electrons. The highest BCUT2D eigenvalue weighted by molar-refractivity contribution is 7.71. The molecule has 1 aliphatic heterocycles. The highest BCUT2D eigenvalue weighted by Gasteiger charge is 2.17. The number of nitrogens with zero attached hydrogens (tertiary/aromatic N) is 2. The summed E-state index contributed by atoms with van der Waals surface area (Å²) in [5, 5.41) is 0. The van der Waals surface area contributed by atoms with Gasteiger partial charge in [-0.1, -0.05) is 18.6 Å². The van der Waals surface area contributed by atoms with Gasteiger partial charge in [-0.05, 0) is 63.5 Å². The van der Waals surface area contributed by atoms with Gasteiger partial charge in [-0.15, -0.1) is 0 Å². The third kappa shape index (κ3) is 3.06. The molecule has 1 N–H and O–H groups in total. The molecule has 0 aliphatic carbocycles. The molecule has 0 saturated carbocycles. The van der Waals surface area contributed by atoms with Crippen molar-refractivity contribution in [1.29, 1.82) is 0 Å². The lowest BCUT2D eigenvalue weighted by molar-refractivity contribution is 0.157. The first-order valence-corrected chi connectivity index (χ1v) is 8.50. The van der Waals surface area contributed by atoms with E-state index in [4.69, 9.17) is 12.2 Å². The molecule has 114 valence electrons. The lowest BCUT2D eigenvalue weighted by atomic mass is 10.0. The molecular formula is C17H25N3S. The Morgan fingerprint density at radius 1 is 1.29 bits per heavy atom. The lowest BCUT2D eigenvalue weighted by Gasteiger charge is -2.33. The molecule has 2 aromatic rings. The number of aromatic amines is 1. The van der Waals surface area contributed by atoms with Gasteiger partial charge in [0.25, 0.3) is 0 Å². The summed E-state index contributed by atoms with van der Waals surface area (Å²) in [6, 6.07) is 7.11. The standard InChI is InChI=1S/C17H25N3S/c1-13-7-5-9-15-16(13)20(17(21)18-15)12-6-11-19-10-4-3-8-14(19)2/h5,7,9,14H,3-4,6,8,10-12H2,1-2H3,(H,18,21). The minimum atomic E-state index is 0.747. The molecule has 1 aromatic carbocycles. The molecule has 4 heteroatoms. The fourth-order valence-electron chi connectivity index (χ4n) is 3.54. The summed E-state index contributed by atoms with van der Waals surface area (Å²) >= 11 is 5.50. The number of likely N-dealkylation sites (tertiary alicyclic amines) is 1. The van der Waals surface area contributed by atoms with Crippen LogP contribution in [-0.2, 0) is 6.54 Å². The van der Waals surface area contributed by atoms with Crippen molar-refractivity contribution in [3.63, 3.8) is 0 Å². The van der Waals surface area contributed by atoms with Crippen LogP contribution in [-0.4, -0.2) is 33.6 Å². The van der Waals surface area contributed by atoms with E-state index in [1.807, 2.05) is 0 Å². The topological polar surface area (TPSA) is 24.0 Å². The Bertz CT molecular complexity index is 670. The van der Waals surface area contributed by atoms with E-state index in [1.165, 1.54) is 49.9 Å². The molecule has 3 rings (SSSR count). The number of para-hydroxylation sites is 1. The smallest absolute Gasteiger partial charge is 0.178 e. The fourth-order valence-corrected chi connectivity index (χ4v) is 3.83. The van der Waals surface area contributed by atoms with Crippen molar-refractivity contribution in [2.24, 2.45) is 0 Å². The van der Waals surface area contributed by atoms with Crippen molar-refractivity contribution in [2.75, 3.05) is 13.1 Å². The SMILES string of the molecule is Cc1cccc2[nH]c(=S)n(CCCN3CCCCC3C)c12. The first-order valence-electron chi connectivity index (χ1n) is 8.09. The number of hydrogen-bond acceptors (Lipinski definition) is 2. The van der Waals surface area contributed by atoms with Crippen LogP contribution in [0, 0.1) is 11.7 Å². The predicted molar refractivity (Wildman–Crippen MR) is 91.4 cm³/mol. The van der Waals surface area contributed by atoms with Crippen molar-refractivity contribution in [3.8, 4) is 0 Å². The molecule has 1 aliphatic rings. The number of hydrogen-bond donors (Lipinski definition) is 1. The maximum Gasteiger partial charge on any atom is 0.178 e. The largest absolute Gasteiger partial charge is 0.331 e. The summed E-state index contributed by atoms with van der Waals surface area (Å²) in [5.74, 6) is 0. The monoisotopic (exact) mass is 303 g/mol. The number of piperidine rings is 1. The molecule has 21 heavy (non-hydrogen) atoms. The Balaban J connectivity index is 1.71. The summed E-state index contributed by atoms with van der Waals surface area (Å²) in [4.78, 5) is 5.96. The predicted octanol–water partition coefficient (Wildman–Crippen LogP) is 4.27. The van der Waals surface area contributed by atoms with Crippen LogP contribution < -0.4 is 0 Å². The first kappa shape index (κ1) is 14.8. The summed E-state index contributed by atoms with van der Waals surface area (Å²) < 4.78 is 3.13. The molecule has 1 atom stereocenters. The van der Waals surface area contributed by atoms with Crippen LogP contribution in [0.5, 0.6) is 0 Å². The molecule has 3 nitrogen and oxygen atoms in total. The van der Waals surface area contributed by atoms with Gasteiger partial charge in [0, 0.05) is 19.1 Å². The number of benzene rings is 1. The number of imidazole rings is 1. The molecule has 0 bridgehead atoms. The zero-order valence-electron chi connectivity index (χ0n) is 13.1. The van der Waals surface area contributed by atoms with Crippen molar-refractivity contribution in [1.82, 2.24) is 14.5 Å². The normalized spacial score (nSPS) is 20.2. The summed E-state index contributed by atoms with van der Waals surface area (Å²) in [5.41, 5.74) is 3.73. The van der Waals surface area contributed by atoms with E-state index in [-0.39, 0.29) is 0 Å². The van der Waals surface area contributed by atoms with Gasteiger partial charge in [0.1, 0.15) is 0 Å². The number of rotatable bonds is 4. The van der Waals surface area contributed by atoms with Crippen LogP contribution in [0.1, 0.15) is 38.2 Å². The van der Waals surface area contributed by atoms with Crippen LogP contribution in [0.15, 0.2) is 18.2 Å². The maximum atomic E-state index is 5.50. The number of fused-ring (bicyclic) bond motifs is 1.